The van der Waals surface area contributed by atoms with Crippen molar-refractivity contribution >= 4 is 17.7 Å². The molecule has 0 heterocycles. The van der Waals surface area contributed by atoms with Crippen LogP contribution in [0.5, 0.6) is 0 Å². The Morgan fingerprint density at radius 1 is 1.32 bits per heavy atom. The maximum absolute atomic E-state index is 12.2. The van der Waals surface area contributed by atoms with Crippen molar-refractivity contribution in [3.63, 3.8) is 0 Å². The lowest BCUT2D eigenvalue weighted by Gasteiger charge is -2.29. The average molecular weight is 281 g/mol. The molecular formula is C15H23NO2S. The molecule has 0 bridgehead atoms. The van der Waals surface area contributed by atoms with Crippen LogP contribution in [0.2, 0.25) is 0 Å². The Morgan fingerprint density at radius 3 is 2.47 bits per heavy atom. The Hall–Kier alpha value is -1.00. The van der Waals surface area contributed by atoms with Crippen molar-refractivity contribution in [1.29, 1.82) is 0 Å². The van der Waals surface area contributed by atoms with Gasteiger partial charge in [0.15, 0.2) is 0 Å². The molecule has 0 atom stereocenters. The highest BCUT2D eigenvalue weighted by Crippen LogP contribution is 2.25. The van der Waals surface area contributed by atoms with Gasteiger partial charge in [-0.2, -0.15) is 0 Å². The zero-order valence-corrected chi connectivity index (χ0v) is 12.7. The van der Waals surface area contributed by atoms with Gasteiger partial charge in [0, 0.05) is 16.9 Å². The van der Waals surface area contributed by atoms with Gasteiger partial charge in [0.2, 0.25) is 0 Å². The zero-order chi connectivity index (χ0) is 14.3. The Balaban J connectivity index is 2.75. The van der Waals surface area contributed by atoms with E-state index in [0.29, 0.717) is 12.1 Å². The van der Waals surface area contributed by atoms with E-state index in [0.717, 1.165) is 17.7 Å². The lowest BCUT2D eigenvalue weighted by molar-refractivity contribution is 0.0848. The number of amides is 1. The largest absolute Gasteiger partial charge is 0.396 e. The lowest BCUT2D eigenvalue weighted by Crippen LogP contribution is -2.39. The fourth-order valence-corrected chi connectivity index (χ4v) is 2.57. The summed E-state index contributed by atoms with van der Waals surface area (Å²) in [7, 11) is 0. The van der Waals surface area contributed by atoms with Gasteiger partial charge in [-0.15, -0.1) is 11.8 Å². The quantitative estimate of drug-likeness (QED) is 0.756. The molecule has 1 aromatic rings. The smallest absolute Gasteiger partial charge is 0.252 e. The summed E-state index contributed by atoms with van der Waals surface area (Å²) in [4.78, 5) is 13.2. The minimum atomic E-state index is -0.204. The summed E-state index contributed by atoms with van der Waals surface area (Å²) in [5.41, 5.74) is 0.498. The number of nitrogens with one attached hydrogen (secondary N) is 1. The van der Waals surface area contributed by atoms with Crippen LogP contribution >= 0.6 is 11.8 Å². The topological polar surface area (TPSA) is 49.3 Å². The first-order chi connectivity index (χ1) is 9.12. The summed E-state index contributed by atoms with van der Waals surface area (Å²) in [5, 5.41) is 12.5. The lowest BCUT2D eigenvalue weighted by atomic mass is 9.83. The maximum Gasteiger partial charge on any atom is 0.252 e. The van der Waals surface area contributed by atoms with Gasteiger partial charge in [-0.3, -0.25) is 4.79 Å². The molecule has 0 radical (unpaired) electrons. The number of thioether (sulfide) groups is 1. The van der Waals surface area contributed by atoms with E-state index in [1.807, 2.05) is 44.4 Å². The molecule has 0 spiro atoms. The molecule has 1 rings (SSSR count). The standard InChI is InChI=1S/C15H23NO2S/c1-4-15(5-2,11-17)10-16-14(18)12-8-6-7-9-13(12)19-3/h6-9,17H,4-5,10-11H2,1-3H3,(H,16,18). The van der Waals surface area contributed by atoms with Crippen molar-refractivity contribution in [3.05, 3.63) is 29.8 Å². The minimum Gasteiger partial charge on any atom is -0.396 e. The number of aliphatic hydroxyl groups is 1. The maximum atomic E-state index is 12.2. The Morgan fingerprint density at radius 2 is 1.95 bits per heavy atom. The Labute approximate surface area is 119 Å². The molecule has 106 valence electrons. The summed E-state index contributed by atoms with van der Waals surface area (Å²) in [6.07, 6.45) is 3.66. The summed E-state index contributed by atoms with van der Waals surface area (Å²) < 4.78 is 0. The Bertz CT molecular complexity index is 408. The molecule has 0 unspecified atom stereocenters. The van der Waals surface area contributed by atoms with Gasteiger partial charge in [0.1, 0.15) is 0 Å². The highest BCUT2D eigenvalue weighted by atomic mass is 32.2. The predicted octanol–water partition coefficient (Wildman–Crippen LogP) is 2.94. The predicted molar refractivity (Wildman–Crippen MR) is 80.7 cm³/mol. The SMILES string of the molecule is CCC(CC)(CO)CNC(=O)c1ccccc1SC. The summed E-state index contributed by atoms with van der Waals surface area (Å²) >= 11 is 1.56. The van der Waals surface area contributed by atoms with Crippen LogP contribution in [0.1, 0.15) is 37.0 Å². The van der Waals surface area contributed by atoms with E-state index < -0.39 is 0 Å². The van der Waals surface area contributed by atoms with Crippen molar-refractivity contribution in [1.82, 2.24) is 5.32 Å². The molecule has 19 heavy (non-hydrogen) atoms. The number of aliphatic hydroxyl groups excluding tert-OH is 1. The molecule has 1 aromatic carbocycles. The highest BCUT2D eigenvalue weighted by molar-refractivity contribution is 7.98. The number of hydrogen-bond acceptors (Lipinski definition) is 3. The fourth-order valence-electron chi connectivity index (χ4n) is 1.97. The van der Waals surface area contributed by atoms with E-state index >= 15 is 0 Å². The van der Waals surface area contributed by atoms with Crippen LogP contribution in [0, 0.1) is 5.41 Å². The van der Waals surface area contributed by atoms with Crippen LogP contribution < -0.4 is 5.32 Å². The second kappa shape index (κ2) is 7.56. The van der Waals surface area contributed by atoms with Crippen LogP contribution in [-0.2, 0) is 0 Å². The van der Waals surface area contributed by atoms with E-state index in [-0.39, 0.29) is 17.9 Å². The normalized spacial score (nSPS) is 11.4. The van der Waals surface area contributed by atoms with E-state index in [9.17, 15) is 9.90 Å². The summed E-state index contributed by atoms with van der Waals surface area (Å²) in [6, 6.07) is 7.57. The van der Waals surface area contributed by atoms with Gasteiger partial charge in [0.25, 0.3) is 5.91 Å². The first-order valence-corrected chi connectivity index (χ1v) is 7.87. The van der Waals surface area contributed by atoms with Gasteiger partial charge in [0.05, 0.1) is 12.2 Å². The van der Waals surface area contributed by atoms with Crippen molar-refractivity contribution in [2.45, 2.75) is 31.6 Å². The van der Waals surface area contributed by atoms with Crippen LogP contribution in [0.3, 0.4) is 0 Å². The van der Waals surface area contributed by atoms with E-state index in [1.165, 1.54) is 0 Å². The molecule has 2 N–H and O–H groups in total. The molecule has 0 aromatic heterocycles. The van der Waals surface area contributed by atoms with Gasteiger partial charge >= 0.3 is 0 Å². The van der Waals surface area contributed by atoms with Gasteiger partial charge < -0.3 is 10.4 Å². The van der Waals surface area contributed by atoms with Crippen LogP contribution in [0.15, 0.2) is 29.2 Å². The average Bonchev–Trinajstić information content (AvgIpc) is 2.49. The number of carbonyl (C=O) groups is 1. The first kappa shape index (κ1) is 16.1. The molecular weight excluding hydrogens is 258 g/mol. The second-order valence-electron chi connectivity index (χ2n) is 4.75. The minimum absolute atomic E-state index is 0.0651. The van der Waals surface area contributed by atoms with Gasteiger partial charge in [-0.05, 0) is 31.2 Å². The molecule has 0 aliphatic carbocycles. The number of carbonyl (C=O) groups excluding carboxylic acids is 1. The number of benzene rings is 1. The van der Waals surface area contributed by atoms with E-state index in [4.69, 9.17) is 0 Å². The zero-order valence-electron chi connectivity index (χ0n) is 11.9. The fraction of sp³-hybridized carbons (Fsp3) is 0.533. The number of rotatable bonds is 7. The second-order valence-corrected chi connectivity index (χ2v) is 5.60. The van der Waals surface area contributed by atoms with Crippen molar-refractivity contribution < 1.29 is 9.90 Å². The molecule has 0 fully saturated rings. The van der Waals surface area contributed by atoms with Crippen LogP contribution in [-0.4, -0.2) is 30.4 Å². The summed E-state index contributed by atoms with van der Waals surface area (Å²) in [5.74, 6) is -0.0651. The molecule has 0 aliphatic rings. The molecule has 0 saturated heterocycles. The van der Waals surface area contributed by atoms with Crippen molar-refractivity contribution in [2.24, 2.45) is 5.41 Å². The molecule has 0 aliphatic heterocycles. The van der Waals surface area contributed by atoms with Crippen LogP contribution in [0.4, 0.5) is 0 Å². The van der Waals surface area contributed by atoms with Crippen LogP contribution in [0.25, 0.3) is 0 Å². The molecule has 3 nitrogen and oxygen atoms in total. The highest BCUT2D eigenvalue weighted by Gasteiger charge is 2.26. The third kappa shape index (κ3) is 3.98. The Kier molecular flexibility index (Phi) is 6.38. The van der Waals surface area contributed by atoms with Gasteiger partial charge in [-0.1, -0.05) is 26.0 Å². The van der Waals surface area contributed by atoms with E-state index in [1.54, 1.807) is 11.8 Å². The first-order valence-electron chi connectivity index (χ1n) is 6.64. The molecule has 1 amide bonds. The van der Waals surface area contributed by atoms with Crippen molar-refractivity contribution in [2.75, 3.05) is 19.4 Å². The summed E-state index contributed by atoms with van der Waals surface area (Å²) in [6.45, 7) is 4.70. The van der Waals surface area contributed by atoms with Gasteiger partial charge in [-0.25, -0.2) is 0 Å². The van der Waals surface area contributed by atoms with Crippen molar-refractivity contribution in [3.8, 4) is 0 Å². The molecule has 0 saturated carbocycles. The third-order valence-electron chi connectivity index (χ3n) is 3.81. The monoisotopic (exact) mass is 281 g/mol. The molecule has 4 heteroatoms. The van der Waals surface area contributed by atoms with E-state index in [2.05, 4.69) is 5.32 Å². The third-order valence-corrected chi connectivity index (χ3v) is 4.61. The number of hydrogen-bond donors (Lipinski definition) is 2.